The summed E-state index contributed by atoms with van der Waals surface area (Å²) in [6, 6.07) is 4.26. The van der Waals surface area contributed by atoms with Crippen molar-refractivity contribution in [2.75, 3.05) is 31.6 Å². The summed E-state index contributed by atoms with van der Waals surface area (Å²) < 4.78 is 0. The second-order valence-corrected chi connectivity index (χ2v) is 6.21. The average molecular weight is 445 g/mol. The lowest BCUT2D eigenvalue weighted by Gasteiger charge is -2.18. The van der Waals surface area contributed by atoms with Gasteiger partial charge in [-0.1, -0.05) is 26.7 Å². The van der Waals surface area contributed by atoms with Gasteiger partial charge < -0.3 is 15.5 Å². The van der Waals surface area contributed by atoms with Crippen LogP contribution in [0.2, 0.25) is 0 Å². The first-order chi connectivity index (χ1) is 11.3. The van der Waals surface area contributed by atoms with Crippen molar-refractivity contribution >= 4 is 35.8 Å². The Morgan fingerprint density at radius 3 is 2.58 bits per heavy atom. The topological polar surface area (TPSA) is 52.6 Å². The minimum absolute atomic E-state index is 0. The van der Waals surface area contributed by atoms with Gasteiger partial charge in [0.15, 0.2) is 5.96 Å². The third-order valence-corrected chi connectivity index (χ3v) is 4.64. The van der Waals surface area contributed by atoms with Crippen molar-refractivity contribution in [2.24, 2.45) is 10.9 Å². The molecule has 0 amide bonds. The molecule has 136 valence electrons. The summed E-state index contributed by atoms with van der Waals surface area (Å²) >= 11 is 0. The Balaban J connectivity index is 0.00000288. The van der Waals surface area contributed by atoms with E-state index in [-0.39, 0.29) is 24.0 Å². The highest BCUT2D eigenvalue weighted by Gasteiger charge is 2.13. The van der Waals surface area contributed by atoms with Gasteiger partial charge >= 0.3 is 0 Å². The number of halogens is 1. The molecule has 0 bridgehead atoms. The molecule has 1 aliphatic heterocycles. The number of pyridine rings is 1. The predicted octanol–water partition coefficient (Wildman–Crippen LogP) is 3.40. The number of anilines is 1. The predicted molar refractivity (Wildman–Crippen MR) is 113 cm³/mol. The molecule has 2 heterocycles. The minimum atomic E-state index is 0. The lowest BCUT2D eigenvalue weighted by atomic mass is 10.0. The van der Waals surface area contributed by atoms with Gasteiger partial charge in [-0.25, -0.2) is 4.98 Å². The van der Waals surface area contributed by atoms with Crippen molar-refractivity contribution in [1.82, 2.24) is 15.6 Å². The van der Waals surface area contributed by atoms with Crippen molar-refractivity contribution in [1.29, 1.82) is 0 Å². The number of nitrogens with zero attached hydrogens (tertiary/aromatic N) is 3. The zero-order valence-corrected chi connectivity index (χ0v) is 17.5. The first-order valence-corrected chi connectivity index (χ1v) is 8.91. The number of aliphatic imine (C=N–C) groups is 1. The second kappa shape index (κ2) is 11.5. The molecule has 0 unspecified atom stereocenters. The SMILES string of the molecule is CCC(CC)CNC(=NC)NCc1ccnc(N2CCCC2)c1.I. The number of aromatic nitrogens is 1. The maximum atomic E-state index is 4.50. The van der Waals surface area contributed by atoms with E-state index in [0.717, 1.165) is 38.0 Å². The molecule has 1 aromatic heterocycles. The van der Waals surface area contributed by atoms with Gasteiger partial charge in [0.25, 0.3) is 0 Å². The Labute approximate surface area is 163 Å². The van der Waals surface area contributed by atoms with E-state index < -0.39 is 0 Å². The van der Waals surface area contributed by atoms with Crippen LogP contribution in [0.4, 0.5) is 5.82 Å². The van der Waals surface area contributed by atoms with Crippen LogP contribution < -0.4 is 15.5 Å². The van der Waals surface area contributed by atoms with Gasteiger partial charge in [0, 0.05) is 39.4 Å². The van der Waals surface area contributed by atoms with Gasteiger partial charge in [-0.2, -0.15) is 0 Å². The van der Waals surface area contributed by atoms with E-state index in [1.165, 1.54) is 31.2 Å². The first kappa shape index (κ1) is 21.0. The second-order valence-electron chi connectivity index (χ2n) is 6.21. The summed E-state index contributed by atoms with van der Waals surface area (Å²) in [5.74, 6) is 2.68. The van der Waals surface area contributed by atoms with Crippen molar-refractivity contribution in [3.8, 4) is 0 Å². The molecule has 24 heavy (non-hydrogen) atoms. The van der Waals surface area contributed by atoms with E-state index in [2.05, 4.69) is 51.5 Å². The molecule has 2 rings (SSSR count). The van der Waals surface area contributed by atoms with E-state index in [9.17, 15) is 0 Å². The Morgan fingerprint density at radius 2 is 1.96 bits per heavy atom. The fourth-order valence-corrected chi connectivity index (χ4v) is 2.91. The maximum absolute atomic E-state index is 4.50. The van der Waals surface area contributed by atoms with Crippen LogP contribution >= 0.6 is 24.0 Å². The summed E-state index contributed by atoms with van der Waals surface area (Å²) in [6.07, 6.45) is 6.85. The fraction of sp³-hybridized carbons (Fsp3) is 0.667. The number of hydrogen-bond acceptors (Lipinski definition) is 3. The van der Waals surface area contributed by atoms with Crippen molar-refractivity contribution < 1.29 is 0 Å². The van der Waals surface area contributed by atoms with Crippen LogP contribution in [0.5, 0.6) is 0 Å². The molecule has 1 aliphatic rings. The highest BCUT2D eigenvalue weighted by atomic mass is 127. The van der Waals surface area contributed by atoms with E-state index >= 15 is 0 Å². The summed E-state index contributed by atoms with van der Waals surface area (Å²) in [7, 11) is 1.82. The van der Waals surface area contributed by atoms with Crippen LogP contribution in [0.15, 0.2) is 23.3 Å². The average Bonchev–Trinajstić information content (AvgIpc) is 3.13. The van der Waals surface area contributed by atoms with Crippen LogP contribution in [-0.4, -0.2) is 37.6 Å². The smallest absolute Gasteiger partial charge is 0.191 e. The minimum Gasteiger partial charge on any atom is -0.357 e. The van der Waals surface area contributed by atoms with Gasteiger partial charge in [-0.15, -0.1) is 24.0 Å². The van der Waals surface area contributed by atoms with Gasteiger partial charge in [-0.3, -0.25) is 4.99 Å². The lowest BCUT2D eigenvalue weighted by Crippen LogP contribution is -2.39. The van der Waals surface area contributed by atoms with E-state index in [4.69, 9.17) is 0 Å². The number of rotatable bonds is 7. The Bertz CT molecular complexity index is 496. The molecule has 0 spiro atoms. The molecule has 6 heteroatoms. The molecule has 1 saturated heterocycles. The number of nitrogens with one attached hydrogen (secondary N) is 2. The molecule has 0 atom stereocenters. The van der Waals surface area contributed by atoms with Crippen molar-refractivity contribution in [3.63, 3.8) is 0 Å². The highest BCUT2D eigenvalue weighted by molar-refractivity contribution is 14.0. The Kier molecular flexibility index (Phi) is 10.1. The summed E-state index contributed by atoms with van der Waals surface area (Å²) in [5.41, 5.74) is 1.24. The molecule has 5 nitrogen and oxygen atoms in total. The first-order valence-electron chi connectivity index (χ1n) is 8.91. The largest absolute Gasteiger partial charge is 0.357 e. The van der Waals surface area contributed by atoms with Gasteiger partial charge in [0.05, 0.1) is 0 Å². The van der Waals surface area contributed by atoms with Gasteiger partial charge in [-0.05, 0) is 36.5 Å². The zero-order chi connectivity index (χ0) is 16.5. The third kappa shape index (κ3) is 6.45. The molecule has 0 radical (unpaired) electrons. The van der Waals surface area contributed by atoms with Crippen LogP contribution in [0, 0.1) is 5.92 Å². The van der Waals surface area contributed by atoms with Crippen molar-refractivity contribution in [2.45, 2.75) is 46.1 Å². The van der Waals surface area contributed by atoms with E-state index in [1.54, 1.807) is 0 Å². The van der Waals surface area contributed by atoms with Crippen LogP contribution in [0.3, 0.4) is 0 Å². The van der Waals surface area contributed by atoms with Gasteiger partial charge in [0.1, 0.15) is 5.82 Å². The maximum Gasteiger partial charge on any atom is 0.191 e. The Morgan fingerprint density at radius 1 is 1.25 bits per heavy atom. The van der Waals surface area contributed by atoms with E-state index in [0.29, 0.717) is 5.92 Å². The van der Waals surface area contributed by atoms with Crippen LogP contribution in [0.25, 0.3) is 0 Å². The summed E-state index contributed by atoms with van der Waals surface area (Å²) in [5, 5.41) is 6.82. The molecule has 1 aromatic rings. The van der Waals surface area contributed by atoms with Crippen molar-refractivity contribution in [3.05, 3.63) is 23.9 Å². The fourth-order valence-electron chi connectivity index (χ4n) is 2.91. The standard InChI is InChI=1S/C18H31N5.HI/c1-4-15(5-2)13-21-18(19-3)22-14-16-8-9-20-17(12-16)23-10-6-7-11-23;/h8-9,12,15H,4-7,10-11,13-14H2,1-3H3,(H2,19,21,22);1H. The molecule has 2 N–H and O–H groups in total. The normalized spacial score (nSPS) is 14.7. The molecular formula is C18H32IN5. The molecule has 0 aliphatic carbocycles. The number of guanidine groups is 1. The quantitative estimate of drug-likeness (QED) is 0.384. The van der Waals surface area contributed by atoms with E-state index in [1.807, 2.05) is 13.2 Å². The highest BCUT2D eigenvalue weighted by Crippen LogP contribution is 2.18. The zero-order valence-electron chi connectivity index (χ0n) is 15.2. The summed E-state index contributed by atoms with van der Waals surface area (Å²) in [4.78, 5) is 11.2. The molecular weight excluding hydrogens is 413 g/mol. The van der Waals surface area contributed by atoms with Crippen LogP contribution in [-0.2, 0) is 6.54 Å². The number of hydrogen-bond donors (Lipinski definition) is 2. The molecule has 0 saturated carbocycles. The molecule has 1 fully saturated rings. The van der Waals surface area contributed by atoms with Crippen LogP contribution in [0.1, 0.15) is 45.1 Å². The Hall–Kier alpha value is -1.05. The lowest BCUT2D eigenvalue weighted by molar-refractivity contribution is 0.481. The monoisotopic (exact) mass is 445 g/mol. The molecule has 0 aromatic carbocycles. The van der Waals surface area contributed by atoms with Gasteiger partial charge in [0.2, 0.25) is 0 Å². The third-order valence-electron chi connectivity index (χ3n) is 4.64. The summed E-state index contributed by atoms with van der Waals surface area (Å²) in [6.45, 7) is 8.48.